The van der Waals surface area contributed by atoms with Crippen LogP contribution in [0.4, 0.5) is 0 Å². The summed E-state index contributed by atoms with van der Waals surface area (Å²) in [6.07, 6.45) is 1.82. The van der Waals surface area contributed by atoms with Gasteiger partial charge in [0.25, 0.3) is 0 Å². The maximum absolute atomic E-state index is 11.8. The quantitative estimate of drug-likeness (QED) is 0.743. The van der Waals surface area contributed by atoms with Gasteiger partial charge in [0.15, 0.2) is 0 Å². The van der Waals surface area contributed by atoms with Crippen molar-refractivity contribution in [3.63, 3.8) is 0 Å². The van der Waals surface area contributed by atoms with Gasteiger partial charge in [-0.1, -0.05) is 6.92 Å². The highest BCUT2D eigenvalue weighted by atomic mass is 16.5. The van der Waals surface area contributed by atoms with Gasteiger partial charge in [-0.3, -0.25) is 4.79 Å². The average molecular weight is 255 g/mol. The molecule has 0 atom stereocenters. The molecule has 0 radical (unpaired) electrons. The molecule has 0 spiro atoms. The van der Waals surface area contributed by atoms with E-state index in [1.165, 1.54) is 13.8 Å². The highest BCUT2D eigenvalue weighted by Gasteiger charge is 2.28. The molecule has 0 aromatic carbocycles. The van der Waals surface area contributed by atoms with E-state index >= 15 is 0 Å². The van der Waals surface area contributed by atoms with Crippen molar-refractivity contribution >= 4 is 11.9 Å². The lowest BCUT2D eigenvalue weighted by Gasteiger charge is -2.33. The number of aliphatic carboxylic acids is 1. The van der Waals surface area contributed by atoms with Crippen LogP contribution in [-0.2, 0) is 14.3 Å². The summed E-state index contributed by atoms with van der Waals surface area (Å²) in [5.41, 5.74) is 0.397. The van der Waals surface area contributed by atoms with Crippen LogP contribution in [0.2, 0.25) is 0 Å². The number of amides is 1. The zero-order chi connectivity index (χ0) is 13.8. The van der Waals surface area contributed by atoms with E-state index in [4.69, 9.17) is 9.84 Å². The van der Waals surface area contributed by atoms with E-state index in [1.807, 2.05) is 0 Å². The Morgan fingerprint density at radius 3 is 2.28 bits per heavy atom. The molecule has 1 aliphatic rings. The Labute approximate surface area is 107 Å². The predicted octanol–water partition coefficient (Wildman–Crippen LogP) is 1.34. The third kappa shape index (κ3) is 3.84. The maximum atomic E-state index is 11.8. The number of carbonyl (C=O) groups excluding carboxylic acids is 1. The average Bonchev–Trinajstić information content (AvgIpc) is 2.35. The summed E-state index contributed by atoms with van der Waals surface area (Å²) in [6.45, 7) is 7.07. The molecule has 1 amide bonds. The van der Waals surface area contributed by atoms with E-state index in [2.05, 4.69) is 12.2 Å². The van der Waals surface area contributed by atoms with Gasteiger partial charge in [-0.15, -0.1) is 0 Å². The zero-order valence-electron chi connectivity index (χ0n) is 11.2. The SMILES string of the molecule is CC(C(=O)O)=C(C)C(=O)NCC1(C)CCOCC1. The minimum absolute atomic E-state index is 0.0469. The lowest BCUT2D eigenvalue weighted by Crippen LogP contribution is -2.39. The van der Waals surface area contributed by atoms with Crippen LogP contribution in [0.1, 0.15) is 33.6 Å². The van der Waals surface area contributed by atoms with Gasteiger partial charge in [0.05, 0.1) is 0 Å². The van der Waals surface area contributed by atoms with Crippen molar-refractivity contribution in [1.29, 1.82) is 0 Å². The van der Waals surface area contributed by atoms with E-state index in [1.54, 1.807) is 0 Å². The molecule has 0 bridgehead atoms. The molecule has 0 aromatic heterocycles. The number of hydrogen-bond acceptors (Lipinski definition) is 3. The van der Waals surface area contributed by atoms with E-state index < -0.39 is 5.97 Å². The Balaban J connectivity index is 2.55. The summed E-state index contributed by atoms with van der Waals surface area (Å²) in [5, 5.41) is 11.6. The van der Waals surface area contributed by atoms with Gasteiger partial charge in [-0.2, -0.15) is 0 Å². The van der Waals surface area contributed by atoms with Crippen LogP contribution in [0.3, 0.4) is 0 Å². The fourth-order valence-electron chi connectivity index (χ4n) is 1.80. The standard InChI is InChI=1S/C13H21NO4/c1-9(10(2)12(16)17)11(15)14-8-13(3)4-6-18-7-5-13/h4-8H2,1-3H3,(H,14,15)(H,16,17). The minimum Gasteiger partial charge on any atom is -0.478 e. The van der Waals surface area contributed by atoms with E-state index in [0.717, 1.165) is 26.1 Å². The number of carbonyl (C=O) groups is 2. The Morgan fingerprint density at radius 2 is 1.78 bits per heavy atom. The molecule has 102 valence electrons. The van der Waals surface area contributed by atoms with Crippen LogP contribution in [0.25, 0.3) is 0 Å². The van der Waals surface area contributed by atoms with Gasteiger partial charge in [0, 0.05) is 30.9 Å². The summed E-state index contributed by atoms with van der Waals surface area (Å²) in [4.78, 5) is 22.6. The fraction of sp³-hybridized carbons (Fsp3) is 0.692. The highest BCUT2D eigenvalue weighted by Crippen LogP contribution is 2.28. The number of hydrogen-bond donors (Lipinski definition) is 2. The van der Waals surface area contributed by atoms with Crippen molar-refractivity contribution < 1.29 is 19.4 Å². The first-order valence-electron chi connectivity index (χ1n) is 6.12. The van der Waals surface area contributed by atoms with Gasteiger partial charge < -0.3 is 15.2 Å². The molecule has 1 rings (SSSR count). The third-order valence-corrected chi connectivity index (χ3v) is 3.60. The summed E-state index contributed by atoms with van der Waals surface area (Å²) < 4.78 is 5.29. The first kappa shape index (κ1) is 14.7. The maximum Gasteiger partial charge on any atom is 0.331 e. The number of carboxylic acids is 1. The molecule has 1 saturated heterocycles. The Bertz CT molecular complexity index is 367. The van der Waals surface area contributed by atoms with Crippen LogP contribution < -0.4 is 5.32 Å². The fourth-order valence-corrected chi connectivity index (χ4v) is 1.80. The van der Waals surface area contributed by atoms with Gasteiger partial charge in [0.1, 0.15) is 0 Å². The van der Waals surface area contributed by atoms with Gasteiger partial charge >= 0.3 is 5.97 Å². The Hall–Kier alpha value is -1.36. The van der Waals surface area contributed by atoms with Gasteiger partial charge in [-0.25, -0.2) is 4.79 Å². The number of rotatable bonds is 4. The van der Waals surface area contributed by atoms with Gasteiger partial charge in [0.2, 0.25) is 5.91 Å². The third-order valence-electron chi connectivity index (χ3n) is 3.60. The molecule has 5 heteroatoms. The predicted molar refractivity (Wildman–Crippen MR) is 67.2 cm³/mol. The first-order chi connectivity index (χ1) is 8.36. The summed E-state index contributed by atoms with van der Waals surface area (Å²) in [5.74, 6) is -1.36. The summed E-state index contributed by atoms with van der Waals surface area (Å²) in [7, 11) is 0. The molecule has 0 aliphatic carbocycles. The molecule has 0 aromatic rings. The van der Waals surface area contributed by atoms with Crippen molar-refractivity contribution in [3.8, 4) is 0 Å². The van der Waals surface area contributed by atoms with Crippen molar-refractivity contribution in [2.24, 2.45) is 5.41 Å². The molecule has 2 N–H and O–H groups in total. The van der Waals surface area contributed by atoms with Gasteiger partial charge in [-0.05, 0) is 32.1 Å². The van der Waals surface area contributed by atoms with Crippen molar-refractivity contribution in [1.82, 2.24) is 5.32 Å². The minimum atomic E-state index is -1.06. The molecule has 1 heterocycles. The Kier molecular flexibility index (Phi) is 4.90. The van der Waals surface area contributed by atoms with Crippen LogP contribution in [0.15, 0.2) is 11.1 Å². The lowest BCUT2D eigenvalue weighted by molar-refractivity contribution is -0.133. The van der Waals surface area contributed by atoms with Crippen molar-refractivity contribution in [2.45, 2.75) is 33.6 Å². The second kappa shape index (κ2) is 6.00. The molecule has 1 aliphatic heterocycles. The molecular weight excluding hydrogens is 234 g/mol. The van der Waals surface area contributed by atoms with E-state index in [0.29, 0.717) is 6.54 Å². The summed E-state index contributed by atoms with van der Waals surface area (Å²) in [6, 6.07) is 0. The smallest absolute Gasteiger partial charge is 0.331 e. The van der Waals surface area contributed by atoms with Crippen LogP contribution in [0, 0.1) is 5.41 Å². The largest absolute Gasteiger partial charge is 0.478 e. The molecule has 0 saturated carbocycles. The molecule has 5 nitrogen and oxygen atoms in total. The Morgan fingerprint density at radius 1 is 1.22 bits per heavy atom. The highest BCUT2D eigenvalue weighted by molar-refractivity contribution is 6.01. The van der Waals surface area contributed by atoms with E-state index in [9.17, 15) is 9.59 Å². The van der Waals surface area contributed by atoms with Crippen LogP contribution in [-0.4, -0.2) is 36.7 Å². The van der Waals surface area contributed by atoms with Crippen LogP contribution >= 0.6 is 0 Å². The first-order valence-corrected chi connectivity index (χ1v) is 6.12. The zero-order valence-corrected chi connectivity index (χ0v) is 11.2. The topological polar surface area (TPSA) is 75.6 Å². The second-order valence-corrected chi connectivity index (χ2v) is 5.16. The molecule has 18 heavy (non-hydrogen) atoms. The lowest BCUT2D eigenvalue weighted by atomic mass is 9.82. The van der Waals surface area contributed by atoms with Crippen molar-refractivity contribution in [2.75, 3.05) is 19.8 Å². The second-order valence-electron chi connectivity index (χ2n) is 5.16. The molecule has 0 unspecified atom stereocenters. The van der Waals surface area contributed by atoms with Crippen LogP contribution in [0.5, 0.6) is 0 Å². The number of nitrogens with one attached hydrogen (secondary N) is 1. The summed E-state index contributed by atoms with van der Waals surface area (Å²) >= 11 is 0. The molecule has 1 fully saturated rings. The normalized spacial score (nSPS) is 19.9. The number of carboxylic acid groups (broad SMARTS) is 1. The van der Waals surface area contributed by atoms with Crippen molar-refractivity contribution in [3.05, 3.63) is 11.1 Å². The van der Waals surface area contributed by atoms with E-state index in [-0.39, 0.29) is 22.5 Å². The number of ether oxygens (including phenoxy) is 1. The monoisotopic (exact) mass is 255 g/mol. The molecular formula is C13H21NO4.